The number of aromatic nitrogens is 1. The first-order valence-corrected chi connectivity index (χ1v) is 5.04. The average Bonchev–Trinajstić information content (AvgIpc) is 2.73. The number of methoxy groups -OCH3 is 1. The van der Waals surface area contributed by atoms with Gasteiger partial charge in [0.25, 0.3) is 0 Å². The van der Waals surface area contributed by atoms with Gasteiger partial charge in [-0.15, -0.1) is 0 Å². The molecular weight excluding hydrogens is 244 g/mol. The van der Waals surface area contributed by atoms with E-state index in [1.54, 1.807) is 0 Å². The van der Waals surface area contributed by atoms with E-state index in [0.717, 1.165) is 18.2 Å². The summed E-state index contributed by atoms with van der Waals surface area (Å²) in [4.78, 5) is 11.5. The van der Waals surface area contributed by atoms with Crippen molar-refractivity contribution in [2.24, 2.45) is 0 Å². The van der Waals surface area contributed by atoms with Crippen LogP contribution < -0.4 is 0 Å². The third-order valence-electron chi connectivity index (χ3n) is 2.44. The Morgan fingerprint density at radius 1 is 1.39 bits per heavy atom. The topological polar surface area (TPSA) is 52.3 Å². The Hall–Kier alpha value is -2.24. The Morgan fingerprint density at radius 2 is 2.11 bits per heavy atom. The molecule has 1 aromatic heterocycles. The summed E-state index contributed by atoms with van der Waals surface area (Å²) in [5.74, 6) is -1.87. The highest BCUT2D eigenvalue weighted by atomic mass is 19.1. The molecule has 4 nitrogen and oxygen atoms in total. The van der Waals surface area contributed by atoms with Gasteiger partial charge in [0.05, 0.1) is 7.11 Å². The molecule has 0 N–H and O–H groups in total. The summed E-state index contributed by atoms with van der Waals surface area (Å²) < 4.78 is 36.1. The fourth-order valence-corrected chi connectivity index (χ4v) is 1.58. The molecule has 1 aromatic carbocycles. The average molecular weight is 253 g/mol. The van der Waals surface area contributed by atoms with E-state index in [-0.39, 0.29) is 22.6 Å². The SMILES string of the molecule is COC(=O)c1c(-c2cc(F)ccc2F)noc1C. The molecule has 0 fully saturated rings. The van der Waals surface area contributed by atoms with Crippen molar-refractivity contribution < 1.29 is 22.8 Å². The van der Waals surface area contributed by atoms with Crippen molar-refractivity contribution in [3.8, 4) is 11.3 Å². The molecule has 0 aliphatic carbocycles. The van der Waals surface area contributed by atoms with Crippen molar-refractivity contribution in [2.45, 2.75) is 6.92 Å². The van der Waals surface area contributed by atoms with Crippen molar-refractivity contribution in [3.05, 3.63) is 41.2 Å². The maximum absolute atomic E-state index is 13.6. The molecule has 0 aliphatic rings. The van der Waals surface area contributed by atoms with Crippen LogP contribution in [-0.2, 0) is 4.74 Å². The minimum absolute atomic E-state index is 0.0120. The van der Waals surface area contributed by atoms with Crippen LogP contribution in [0.25, 0.3) is 11.3 Å². The molecule has 1 heterocycles. The van der Waals surface area contributed by atoms with E-state index in [4.69, 9.17) is 4.52 Å². The second-order valence-electron chi connectivity index (χ2n) is 3.58. The third kappa shape index (κ3) is 1.97. The van der Waals surface area contributed by atoms with E-state index in [9.17, 15) is 13.6 Å². The molecule has 2 aromatic rings. The summed E-state index contributed by atoms with van der Waals surface area (Å²) in [6.07, 6.45) is 0. The smallest absolute Gasteiger partial charge is 0.343 e. The summed E-state index contributed by atoms with van der Waals surface area (Å²) in [7, 11) is 1.18. The zero-order valence-electron chi connectivity index (χ0n) is 9.66. The molecule has 0 spiro atoms. The number of rotatable bonds is 2. The van der Waals surface area contributed by atoms with Gasteiger partial charge < -0.3 is 9.26 Å². The second kappa shape index (κ2) is 4.56. The van der Waals surface area contributed by atoms with Crippen LogP contribution in [0.3, 0.4) is 0 Å². The lowest BCUT2D eigenvalue weighted by atomic mass is 10.1. The molecule has 0 amide bonds. The number of carbonyl (C=O) groups is 1. The summed E-state index contributed by atoms with van der Waals surface area (Å²) in [5.41, 5.74) is -0.231. The zero-order valence-corrected chi connectivity index (χ0v) is 9.66. The molecule has 0 aliphatic heterocycles. The van der Waals surface area contributed by atoms with Gasteiger partial charge in [-0.2, -0.15) is 0 Å². The first-order valence-electron chi connectivity index (χ1n) is 5.04. The monoisotopic (exact) mass is 253 g/mol. The highest BCUT2D eigenvalue weighted by Gasteiger charge is 2.24. The van der Waals surface area contributed by atoms with Gasteiger partial charge in [0.2, 0.25) is 0 Å². The van der Waals surface area contributed by atoms with Gasteiger partial charge in [-0.1, -0.05) is 5.16 Å². The molecule has 0 saturated carbocycles. The third-order valence-corrected chi connectivity index (χ3v) is 2.44. The number of nitrogens with zero attached hydrogens (tertiary/aromatic N) is 1. The number of hydrogen-bond donors (Lipinski definition) is 0. The van der Waals surface area contributed by atoms with E-state index in [1.165, 1.54) is 14.0 Å². The molecule has 0 radical (unpaired) electrons. The Labute approximate surface area is 101 Å². The Balaban J connectivity index is 2.64. The van der Waals surface area contributed by atoms with Crippen LogP contribution in [0.15, 0.2) is 22.7 Å². The summed E-state index contributed by atoms with van der Waals surface area (Å²) in [6.45, 7) is 1.49. The van der Waals surface area contributed by atoms with Gasteiger partial charge in [-0.25, -0.2) is 13.6 Å². The molecule has 6 heteroatoms. The first kappa shape index (κ1) is 12.2. The number of halogens is 2. The van der Waals surface area contributed by atoms with Gasteiger partial charge in [-0.3, -0.25) is 0 Å². The summed E-state index contributed by atoms with van der Waals surface area (Å²) in [6, 6.07) is 2.87. The van der Waals surface area contributed by atoms with Gasteiger partial charge in [-0.05, 0) is 25.1 Å². The number of aryl methyl sites for hydroxylation is 1. The minimum Gasteiger partial charge on any atom is -0.465 e. The highest BCUT2D eigenvalue weighted by molar-refractivity contribution is 5.97. The number of carbonyl (C=O) groups excluding carboxylic acids is 1. The van der Waals surface area contributed by atoms with Gasteiger partial charge in [0.15, 0.2) is 0 Å². The number of ether oxygens (including phenoxy) is 1. The van der Waals surface area contributed by atoms with Gasteiger partial charge in [0.1, 0.15) is 28.7 Å². The van der Waals surface area contributed by atoms with E-state index >= 15 is 0 Å². The van der Waals surface area contributed by atoms with Crippen LogP contribution in [0.1, 0.15) is 16.1 Å². The van der Waals surface area contributed by atoms with Crippen molar-refractivity contribution >= 4 is 5.97 Å². The van der Waals surface area contributed by atoms with E-state index in [2.05, 4.69) is 9.89 Å². The van der Waals surface area contributed by atoms with E-state index in [1.807, 2.05) is 0 Å². The summed E-state index contributed by atoms with van der Waals surface area (Å²) in [5, 5.41) is 3.57. The fourth-order valence-electron chi connectivity index (χ4n) is 1.58. The maximum atomic E-state index is 13.6. The Bertz CT molecular complexity index is 607. The first-order chi connectivity index (χ1) is 8.54. The van der Waals surface area contributed by atoms with Crippen LogP contribution in [-0.4, -0.2) is 18.2 Å². The molecule has 18 heavy (non-hydrogen) atoms. The molecule has 94 valence electrons. The zero-order chi connectivity index (χ0) is 13.3. The summed E-state index contributed by atoms with van der Waals surface area (Å²) >= 11 is 0. The molecule has 2 rings (SSSR count). The highest BCUT2D eigenvalue weighted by Crippen LogP contribution is 2.28. The van der Waals surface area contributed by atoms with Crippen LogP contribution in [0, 0.1) is 18.6 Å². The molecule has 0 unspecified atom stereocenters. The lowest BCUT2D eigenvalue weighted by molar-refractivity contribution is 0.0599. The molecule has 0 saturated heterocycles. The van der Waals surface area contributed by atoms with Gasteiger partial charge in [0, 0.05) is 5.56 Å². The number of benzene rings is 1. The number of hydrogen-bond acceptors (Lipinski definition) is 4. The predicted octanol–water partition coefficient (Wildman–Crippen LogP) is 2.71. The van der Waals surface area contributed by atoms with Crippen molar-refractivity contribution in [1.82, 2.24) is 5.16 Å². The number of esters is 1. The Morgan fingerprint density at radius 3 is 2.78 bits per heavy atom. The van der Waals surface area contributed by atoms with E-state index in [0.29, 0.717) is 0 Å². The van der Waals surface area contributed by atoms with E-state index < -0.39 is 17.6 Å². The normalized spacial score (nSPS) is 10.4. The molecule has 0 bridgehead atoms. The van der Waals surface area contributed by atoms with Crippen LogP contribution in [0.2, 0.25) is 0 Å². The molecular formula is C12H9F2NO3. The second-order valence-corrected chi connectivity index (χ2v) is 3.58. The fraction of sp³-hybridized carbons (Fsp3) is 0.167. The van der Waals surface area contributed by atoms with Crippen LogP contribution in [0.5, 0.6) is 0 Å². The quantitative estimate of drug-likeness (QED) is 0.772. The van der Waals surface area contributed by atoms with Crippen LogP contribution >= 0.6 is 0 Å². The predicted molar refractivity (Wildman–Crippen MR) is 57.9 cm³/mol. The minimum atomic E-state index is -0.715. The van der Waals surface area contributed by atoms with Crippen molar-refractivity contribution in [2.75, 3.05) is 7.11 Å². The Kier molecular flexibility index (Phi) is 3.10. The lowest BCUT2D eigenvalue weighted by Crippen LogP contribution is -2.04. The van der Waals surface area contributed by atoms with Crippen LogP contribution in [0.4, 0.5) is 8.78 Å². The lowest BCUT2D eigenvalue weighted by Gasteiger charge is -2.02. The van der Waals surface area contributed by atoms with Crippen molar-refractivity contribution in [3.63, 3.8) is 0 Å². The molecule has 0 atom stereocenters. The largest absolute Gasteiger partial charge is 0.465 e. The standard InChI is InChI=1S/C12H9F2NO3/c1-6-10(12(16)17-2)11(15-18-6)8-5-7(13)3-4-9(8)14/h3-5H,1-2H3. The van der Waals surface area contributed by atoms with Gasteiger partial charge >= 0.3 is 5.97 Å². The maximum Gasteiger partial charge on any atom is 0.343 e. The van der Waals surface area contributed by atoms with Crippen molar-refractivity contribution in [1.29, 1.82) is 0 Å².